The summed E-state index contributed by atoms with van der Waals surface area (Å²) in [5, 5.41) is 35.6. The molecule has 0 aliphatic carbocycles. The number of ether oxygens (including phenoxy) is 1. The SMILES string of the molecule is N=C(N)c1nccn(C2OC(CO)C(O)C2O)c1=O. The van der Waals surface area contributed by atoms with E-state index in [4.69, 9.17) is 21.0 Å². The number of hydrogen-bond donors (Lipinski definition) is 5. The average molecular weight is 270 g/mol. The average Bonchev–Trinajstić information content (AvgIpc) is 2.66. The maximum Gasteiger partial charge on any atom is 0.282 e. The molecule has 9 heteroatoms. The first-order valence-electron chi connectivity index (χ1n) is 5.51. The van der Waals surface area contributed by atoms with Gasteiger partial charge in [0.1, 0.15) is 24.1 Å². The van der Waals surface area contributed by atoms with Crippen molar-refractivity contribution in [3.63, 3.8) is 0 Å². The highest BCUT2D eigenvalue weighted by molar-refractivity contribution is 5.92. The third-order valence-corrected chi connectivity index (χ3v) is 2.91. The number of aromatic nitrogens is 2. The van der Waals surface area contributed by atoms with Crippen molar-refractivity contribution < 1.29 is 20.1 Å². The molecule has 0 spiro atoms. The summed E-state index contributed by atoms with van der Waals surface area (Å²) in [6, 6.07) is 0. The molecule has 4 unspecified atom stereocenters. The van der Waals surface area contributed by atoms with E-state index in [2.05, 4.69) is 4.98 Å². The second-order valence-electron chi connectivity index (χ2n) is 4.13. The van der Waals surface area contributed by atoms with Crippen LogP contribution < -0.4 is 11.3 Å². The Labute approximate surface area is 107 Å². The highest BCUT2D eigenvalue weighted by Gasteiger charge is 2.43. The van der Waals surface area contributed by atoms with Crippen molar-refractivity contribution in [2.24, 2.45) is 5.73 Å². The molecule has 1 aromatic rings. The lowest BCUT2D eigenvalue weighted by molar-refractivity contribution is -0.0545. The van der Waals surface area contributed by atoms with Crippen LogP contribution in [0.5, 0.6) is 0 Å². The number of aliphatic hydroxyl groups is 3. The molecule has 0 bridgehead atoms. The second kappa shape index (κ2) is 5.05. The van der Waals surface area contributed by atoms with Gasteiger partial charge in [0.15, 0.2) is 11.9 Å². The van der Waals surface area contributed by atoms with Crippen LogP contribution in [0, 0.1) is 5.41 Å². The standard InChI is InChI=1S/C10H14N4O5/c11-8(12)5-9(18)14(2-1-13-5)10-7(17)6(16)4(3-15)19-10/h1-2,4,6-7,10,15-17H,3H2,(H3,11,12). The molecule has 0 radical (unpaired) electrons. The first kappa shape index (κ1) is 13.6. The van der Waals surface area contributed by atoms with Crippen LogP contribution in [-0.2, 0) is 4.74 Å². The Hall–Kier alpha value is -1.81. The summed E-state index contributed by atoms with van der Waals surface area (Å²) in [6.45, 7) is -0.492. The van der Waals surface area contributed by atoms with Crippen LogP contribution in [-0.4, -0.2) is 55.6 Å². The highest BCUT2D eigenvalue weighted by Crippen LogP contribution is 2.27. The maximum absolute atomic E-state index is 12.0. The van der Waals surface area contributed by atoms with E-state index in [1.54, 1.807) is 0 Å². The van der Waals surface area contributed by atoms with Crippen molar-refractivity contribution in [2.45, 2.75) is 24.5 Å². The Kier molecular flexibility index (Phi) is 3.62. The summed E-state index contributed by atoms with van der Waals surface area (Å²) in [7, 11) is 0. The molecule has 2 rings (SSSR count). The summed E-state index contributed by atoms with van der Waals surface area (Å²) < 4.78 is 6.19. The lowest BCUT2D eigenvalue weighted by Gasteiger charge is -2.17. The fourth-order valence-corrected chi connectivity index (χ4v) is 1.92. The minimum atomic E-state index is -1.38. The predicted molar refractivity (Wildman–Crippen MR) is 62.5 cm³/mol. The molecule has 1 saturated heterocycles. The molecule has 0 aromatic carbocycles. The van der Waals surface area contributed by atoms with E-state index in [9.17, 15) is 15.0 Å². The number of hydrogen-bond acceptors (Lipinski definition) is 7. The number of nitrogens with one attached hydrogen (secondary N) is 1. The Morgan fingerprint density at radius 3 is 2.74 bits per heavy atom. The van der Waals surface area contributed by atoms with E-state index in [0.29, 0.717) is 0 Å². The van der Waals surface area contributed by atoms with Gasteiger partial charge in [0.25, 0.3) is 5.56 Å². The molecule has 4 atom stereocenters. The fourth-order valence-electron chi connectivity index (χ4n) is 1.92. The van der Waals surface area contributed by atoms with Gasteiger partial charge in [-0.2, -0.15) is 0 Å². The molecule has 2 heterocycles. The van der Waals surface area contributed by atoms with Crippen LogP contribution in [0.25, 0.3) is 0 Å². The summed E-state index contributed by atoms with van der Waals surface area (Å²) in [6.07, 6.45) is -2.36. The van der Waals surface area contributed by atoms with Gasteiger partial charge in [-0.3, -0.25) is 14.8 Å². The maximum atomic E-state index is 12.0. The Morgan fingerprint density at radius 2 is 2.21 bits per heavy atom. The highest BCUT2D eigenvalue weighted by atomic mass is 16.6. The number of amidine groups is 1. The first-order valence-corrected chi connectivity index (χ1v) is 5.51. The molecule has 0 amide bonds. The van der Waals surface area contributed by atoms with E-state index in [0.717, 1.165) is 4.57 Å². The van der Waals surface area contributed by atoms with Gasteiger partial charge < -0.3 is 25.8 Å². The zero-order valence-corrected chi connectivity index (χ0v) is 9.80. The summed E-state index contributed by atoms with van der Waals surface area (Å²) in [4.78, 5) is 15.7. The lowest BCUT2D eigenvalue weighted by atomic mass is 10.1. The van der Waals surface area contributed by atoms with Gasteiger partial charge in [-0.15, -0.1) is 0 Å². The van der Waals surface area contributed by atoms with Crippen LogP contribution in [0.4, 0.5) is 0 Å². The molecule has 1 aromatic heterocycles. The van der Waals surface area contributed by atoms with Gasteiger partial charge >= 0.3 is 0 Å². The van der Waals surface area contributed by atoms with E-state index in [1.807, 2.05) is 0 Å². The zero-order valence-electron chi connectivity index (χ0n) is 9.80. The third-order valence-electron chi connectivity index (χ3n) is 2.91. The van der Waals surface area contributed by atoms with Crippen molar-refractivity contribution >= 4 is 5.84 Å². The molecule has 1 fully saturated rings. The van der Waals surface area contributed by atoms with Crippen LogP contribution >= 0.6 is 0 Å². The molecular weight excluding hydrogens is 256 g/mol. The fraction of sp³-hybridized carbons (Fsp3) is 0.500. The normalized spacial score (nSPS) is 30.5. The minimum absolute atomic E-state index is 0.278. The van der Waals surface area contributed by atoms with Crippen LogP contribution in [0.2, 0.25) is 0 Å². The molecule has 19 heavy (non-hydrogen) atoms. The monoisotopic (exact) mass is 270 g/mol. The van der Waals surface area contributed by atoms with Gasteiger partial charge in [-0.1, -0.05) is 0 Å². The topological polar surface area (TPSA) is 155 Å². The van der Waals surface area contributed by atoms with E-state index in [1.165, 1.54) is 12.4 Å². The van der Waals surface area contributed by atoms with Crippen molar-refractivity contribution in [1.82, 2.24) is 9.55 Å². The number of rotatable bonds is 3. The van der Waals surface area contributed by atoms with Gasteiger partial charge in [0, 0.05) is 12.4 Å². The Balaban J connectivity index is 2.41. The van der Waals surface area contributed by atoms with Crippen molar-refractivity contribution in [1.29, 1.82) is 5.41 Å². The third kappa shape index (κ3) is 2.24. The summed E-state index contributed by atoms with van der Waals surface area (Å²) in [5.74, 6) is -0.508. The van der Waals surface area contributed by atoms with Crippen LogP contribution in [0.3, 0.4) is 0 Å². The molecule has 1 aliphatic rings. The Bertz CT molecular complexity index is 545. The number of nitrogen functional groups attached to an aromatic ring is 1. The molecule has 1 aliphatic heterocycles. The largest absolute Gasteiger partial charge is 0.394 e. The first-order chi connectivity index (χ1) is 8.97. The second-order valence-corrected chi connectivity index (χ2v) is 4.13. The zero-order chi connectivity index (χ0) is 14.2. The number of aliphatic hydroxyl groups excluding tert-OH is 3. The quantitative estimate of drug-likeness (QED) is 0.292. The van der Waals surface area contributed by atoms with Gasteiger partial charge in [-0.05, 0) is 0 Å². The van der Waals surface area contributed by atoms with E-state index < -0.39 is 42.5 Å². The molecule has 0 saturated carbocycles. The molecule has 6 N–H and O–H groups in total. The Morgan fingerprint density at radius 1 is 1.53 bits per heavy atom. The predicted octanol–water partition coefficient (Wildman–Crippen LogP) is -2.86. The van der Waals surface area contributed by atoms with Crippen molar-refractivity contribution in [2.75, 3.05) is 6.61 Å². The van der Waals surface area contributed by atoms with E-state index >= 15 is 0 Å². The molecular formula is C10H14N4O5. The number of nitrogens with two attached hydrogens (primary N) is 1. The van der Waals surface area contributed by atoms with Gasteiger partial charge in [-0.25, -0.2) is 4.98 Å². The van der Waals surface area contributed by atoms with Crippen molar-refractivity contribution in [3.05, 3.63) is 28.4 Å². The van der Waals surface area contributed by atoms with Crippen molar-refractivity contribution in [3.8, 4) is 0 Å². The smallest absolute Gasteiger partial charge is 0.282 e. The summed E-state index contributed by atoms with van der Waals surface area (Å²) >= 11 is 0. The summed E-state index contributed by atoms with van der Waals surface area (Å²) in [5.41, 5.74) is 4.22. The van der Waals surface area contributed by atoms with E-state index in [-0.39, 0.29) is 5.69 Å². The van der Waals surface area contributed by atoms with Gasteiger partial charge in [0.2, 0.25) is 0 Å². The molecule has 104 valence electrons. The number of nitrogens with zero attached hydrogens (tertiary/aromatic N) is 2. The van der Waals surface area contributed by atoms with Crippen LogP contribution in [0.1, 0.15) is 11.9 Å². The van der Waals surface area contributed by atoms with Crippen LogP contribution in [0.15, 0.2) is 17.2 Å². The van der Waals surface area contributed by atoms with Gasteiger partial charge in [0.05, 0.1) is 6.61 Å². The minimum Gasteiger partial charge on any atom is -0.394 e. The lowest BCUT2D eigenvalue weighted by Crippen LogP contribution is -2.38. The molecule has 9 nitrogen and oxygen atoms in total.